The topological polar surface area (TPSA) is 56.9 Å². The number of rotatable bonds is 7. The van der Waals surface area contributed by atoms with Gasteiger partial charge in [0.2, 0.25) is 0 Å². The number of ether oxygens (including phenoxy) is 1. The van der Waals surface area contributed by atoms with E-state index in [0.717, 1.165) is 19.3 Å². The van der Waals surface area contributed by atoms with E-state index in [4.69, 9.17) is 15.6 Å². The monoisotopic (exact) mass is 184 g/mol. The molecule has 0 spiro atoms. The molecule has 0 rings (SSSR count). The van der Waals surface area contributed by atoms with Crippen LogP contribution in [0.2, 0.25) is 0 Å². The normalized spacial score (nSPS) is 15.0. The van der Waals surface area contributed by atoms with Crippen molar-refractivity contribution in [2.45, 2.75) is 39.2 Å². The quantitative estimate of drug-likeness (QED) is 0.587. The molecule has 0 aromatic carbocycles. The van der Waals surface area contributed by atoms with E-state index in [1.54, 1.807) is 7.11 Å². The van der Waals surface area contributed by atoms with Crippen LogP contribution in [0.1, 0.15) is 33.1 Å². The van der Waals surface area contributed by atoms with Crippen LogP contribution in [0, 0.1) is 16.7 Å². The molecule has 0 aromatic heterocycles. The molecule has 0 aromatic rings. The second-order valence-electron chi connectivity index (χ2n) is 3.46. The molecule has 0 bridgehead atoms. The average molecular weight is 184 g/mol. The Labute approximate surface area is 80.5 Å². The highest BCUT2D eigenvalue weighted by atomic mass is 16.5. The minimum atomic E-state index is 0.181. The first-order valence-corrected chi connectivity index (χ1v) is 4.67. The van der Waals surface area contributed by atoms with E-state index in [2.05, 4.69) is 0 Å². The van der Waals surface area contributed by atoms with Crippen molar-refractivity contribution < 1.29 is 4.74 Å². The van der Waals surface area contributed by atoms with Crippen molar-refractivity contribution in [1.82, 2.24) is 0 Å². The summed E-state index contributed by atoms with van der Waals surface area (Å²) in [7, 11) is 1.69. The zero-order valence-corrected chi connectivity index (χ0v) is 8.76. The number of hydrogen-bond donors (Lipinski definition) is 2. The molecular weight excluding hydrogens is 164 g/mol. The molecule has 0 aliphatic carbocycles. The Hall–Kier alpha value is -0.700. The predicted molar refractivity (Wildman–Crippen MR) is 56.0 cm³/mol. The third-order valence-electron chi connectivity index (χ3n) is 2.35. The van der Waals surface area contributed by atoms with Crippen LogP contribution < -0.4 is 0 Å². The smallest absolute Gasteiger partial charge is 0.0575 e. The minimum Gasteiger partial charge on any atom is -0.381 e. The molecule has 2 unspecified atom stereocenters. The molecule has 0 aliphatic rings. The van der Waals surface area contributed by atoms with E-state index >= 15 is 0 Å². The van der Waals surface area contributed by atoms with Crippen molar-refractivity contribution in [2.24, 2.45) is 5.92 Å². The first-order chi connectivity index (χ1) is 6.11. The van der Waals surface area contributed by atoms with Gasteiger partial charge in [-0.1, -0.05) is 0 Å². The second kappa shape index (κ2) is 6.78. The maximum Gasteiger partial charge on any atom is 0.0575 e. The molecule has 3 nitrogen and oxygen atoms in total. The van der Waals surface area contributed by atoms with Crippen molar-refractivity contribution in [3.05, 3.63) is 0 Å². The number of methoxy groups -OCH3 is 1. The minimum absolute atomic E-state index is 0.181. The second-order valence-corrected chi connectivity index (χ2v) is 3.46. The Bertz CT molecular complexity index is 168. The highest BCUT2D eigenvalue weighted by Crippen LogP contribution is 2.17. The molecule has 3 heteroatoms. The van der Waals surface area contributed by atoms with Gasteiger partial charge in [0.1, 0.15) is 0 Å². The summed E-state index contributed by atoms with van der Waals surface area (Å²) in [5.74, 6) is 0.378. The lowest BCUT2D eigenvalue weighted by molar-refractivity contribution is 0.0670. The van der Waals surface area contributed by atoms with Gasteiger partial charge in [0.15, 0.2) is 0 Å². The zero-order chi connectivity index (χ0) is 10.3. The molecule has 76 valence electrons. The SMILES string of the molecule is COC(C)C(CC=N)CCC(C)=N. The lowest BCUT2D eigenvalue weighted by Crippen LogP contribution is -2.20. The Morgan fingerprint density at radius 2 is 2.15 bits per heavy atom. The molecule has 0 heterocycles. The fourth-order valence-corrected chi connectivity index (χ4v) is 1.29. The van der Waals surface area contributed by atoms with E-state index in [9.17, 15) is 0 Å². The van der Waals surface area contributed by atoms with E-state index in [1.807, 2.05) is 13.8 Å². The van der Waals surface area contributed by atoms with Gasteiger partial charge < -0.3 is 15.6 Å². The predicted octanol–water partition coefficient (Wildman–Crippen LogP) is 2.50. The summed E-state index contributed by atoms with van der Waals surface area (Å²) in [5, 5.41) is 14.4. The number of hydrogen-bond acceptors (Lipinski definition) is 3. The van der Waals surface area contributed by atoms with Crippen LogP contribution >= 0.6 is 0 Å². The van der Waals surface area contributed by atoms with Gasteiger partial charge >= 0.3 is 0 Å². The van der Waals surface area contributed by atoms with Crippen LogP contribution in [0.25, 0.3) is 0 Å². The van der Waals surface area contributed by atoms with Crippen LogP contribution in [-0.2, 0) is 4.74 Å². The third kappa shape index (κ3) is 5.53. The van der Waals surface area contributed by atoms with Gasteiger partial charge in [0, 0.05) is 12.8 Å². The number of nitrogens with one attached hydrogen (secondary N) is 2. The molecule has 2 atom stereocenters. The molecule has 0 saturated carbocycles. The molecule has 0 aliphatic heterocycles. The van der Waals surface area contributed by atoms with Crippen LogP contribution in [0.3, 0.4) is 0 Å². The van der Waals surface area contributed by atoms with Gasteiger partial charge in [-0.3, -0.25) is 0 Å². The van der Waals surface area contributed by atoms with Crippen LogP contribution in [0.5, 0.6) is 0 Å². The van der Waals surface area contributed by atoms with Gasteiger partial charge in [-0.2, -0.15) is 0 Å². The maximum atomic E-state index is 7.32. The Morgan fingerprint density at radius 3 is 2.54 bits per heavy atom. The summed E-state index contributed by atoms with van der Waals surface area (Å²) in [6.45, 7) is 3.84. The van der Waals surface area contributed by atoms with E-state index in [0.29, 0.717) is 11.6 Å². The average Bonchev–Trinajstić information content (AvgIpc) is 2.10. The fourth-order valence-electron chi connectivity index (χ4n) is 1.29. The van der Waals surface area contributed by atoms with Crippen LogP contribution in [0.15, 0.2) is 0 Å². The Balaban J connectivity index is 3.92. The molecule has 0 amide bonds. The standard InChI is InChI=1S/C10H20N2O/c1-8(12)4-5-10(6-7-11)9(2)13-3/h7,9-12H,4-6H2,1-3H3. The summed E-state index contributed by atoms with van der Waals surface area (Å²) >= 11 is 0. The summed E-state index contributed by atoms with van der Waals surface area (Å²) in [6.07, 6.45) is 4.12. The first kappa shape index (κ1) is 12.3. The van der Waals surface area contributed by atoms with Gasteiger partial charge in [-0.25, -0.2) is 0 Å². The summed E-state index contributed by atoms with van der Waals surface area (Å²) in [6, 6.07) is 0. The van der Waals surface area contributed by atoms with Crippen LogP contribution in [0.4, 0.5) is 0 Å². The third-order valence-corrected chi connectivity index (χ3v) is 2.35. The molecule has 0 saturated heterocycles. The van der Waals surface area contributed by atoms with Crippen LogP contribution in [-0.4, -0.2) is 25.1 Å². The van der Waals surface area contributed by atoms with Crippen molar-refractivity contribution in [1.29, 1.82) is 10.8 Å². The van der Waals surface area contributed by atoms with Gasteiger partial charge in [0.25, 0.3) is 0 Å². The van der Waals surface area contributed by atoms with Crippen molar-refractivity contribution in [3.8, 4) is 0 Å². The summed E-state index contributed by atoms with van der Waals surface area (Å²) in [5.41, 5.74) is 0.707. The molecule has 0 fully saturated rings. The van der Waals surface area contributed by atoms with E-state index < -0.39 is 0 Å². The van der Waals surface area contributed by atoms with Crippen molar-refractivity contribution in [3.63, 3.8) is 0 Å². The van der Waals surface area contributed by atoms with Gasteiger partial charge in [-0.15, -0.1) is 0 Å². The summed E-state index contributed by atoms with van der Waals surface area (Å²) in [4.78, 5) is 0. The molecular formula is C10H20N2O. The van der Waals surface area contributed by atoms with Gasteiger partial charge in [-0.05, 0) is 45.2 Å². The largest absolute Gasteiger partial charge is 0.381 e. The van der Waals surface area contributed by atoms with Crippen molar-refractivity contribution >= 4 is 11.9 Å². The lowest BCUT2D eigenvalue weighted by atomic mass is 9.93. The fraction of sp³-hybridized carbons (Fsp3) is 0.800. The van der Waals surface area contributed by atoms with E-state index in [-0.39, 0.29) is 6.10 Å². The Kier molecular flexibility index (Phi) is 6.41. The van der Waals surface area contributed by atoms with Gasteiger partial charge in [0.05, 0.1) is 6.10 Å². The first-order valence-electron chi connectivity index (χ1n) is 4.67. The van der Waals surface area contributed by atoms with E-state index in [1.165, 1.54) is 6.21 Å². The molecule has 13 heavy (non-hydrogen) atoms. The lowest BCUT2D eigenvalue weighted by Gasteiger charge is -2.20. The maximum absolute atomic E-state index is 7.32. The molecule has 2 N–H and O–H groups in total. The van der Waals surface area contributed by atoms with Crippen molar-refractivity contribution in [2.75, 3.05) is 7.11 Å². The Morgan fingerprint density at radius 1 is 1.54 bits per heavy atom. The highest BCUT2D eigenvalue weighted by molar-refractivity contribution is 5.78. The zero-order valence-electron chi connectivity index (χ0n) is 8.76. The highest BCUT2D eigenvalue weighted by Gasteiger charge is 2.15. The summed E-state index contributed by atoms with van der Waals surface area (Å²) < 4.78 is 5.22. The molecule has 0 radical (unpaired) electrons.